The molecular formula is C21H26F2N4O2. The van der Waals surface area contributed by atoms with E-state index in [-0.39, 0.29) is 12.1 Å². The molecule has 1 atom stereocenters. The highest BCUT2D eigenvalue weighted by Crippen LogP contribution is 2.17. The number of hydrogen-bond donors (Lipinski definition) is 3. The maximum atomic E-state index is 13.8. The summed E-state index contributed by atoms with van der Waals surface area (Å²) in [6.07, 6.45) is 0. The van der Waals surface area contributed by atoms with E-state index in [4.69, 9.17) is 0 Å². The van der Waals surface area contributed by atoms with E-state index in [1.807, 2.05) is 12.1 Å². The van der Waals surface area contributed by atoms with Crippen molar-refractivity contribution in [2.45, 2.75) is 26.8 Å². The maximum Gasteiger partial charge on any atom is 0.269 e. The number of halogens is 2. The second-order valence-corrected chi connectivity index (χ2v) is 6.49. The minimum Gasteiger partial charge on any atom is -0.372 e. The zero-order chi connectivity index (χ0) is 21.4. The topological polar surface area (TPSA) is 73.5 Å². The molecule has 0 aliphatic rings. The number of carbonyl (C=O) groups is 2. The third-order valence-electron chi connectivity index (χ3n) is 4.57. The molecule has 3 N–H and O–H groups in total. The Morgan fingerprint density at radius 1 is 1.00 bits per heavy atom. The van der Waals surface area contributed by atoms with Crippen molar-refractivity contribution in [3.8, 4) is 0 Å². The minimum atomic E-state index is -0.688. The number of nitrogens with one attached hydrogen (secondary N) is 3. The molecule has 0 spiro atoms. The lowest BCUT2D eigenvalue weighted by atomic mass is 10.1. The van der Waals surface area contributed by atoms with Gasteiger partial charge in [0.1, 0.15) is 11.6 Å². The van der Waals surface area contributed by atoms with Gasteiger partial charge in [-0.3, -0.25) is 20.4 Å². The van der Waals surface area contributed by atoms with Gasteiger partial charge < -0.3 is 10.2 Å². The Labute approximate surface area is 169 Å². The lowest BCUT2D eigenvalue weighted by Crippen LogP contribution is -2.45. The molecule has 8 heteroatoms. The van der Waals surface area contributed by atoms with Crippen LogP contribution in [0, 0.1) is 11.6 Å². The van der Waals surface area contributed by atoms with E-state index in [1.165, 1.54) is 6.07 Å². The van der Waals surface area contributed by atoms with Crippen molar-refractivity contribution in [1.29, 1.82) is 0 Å². The van der Waals surface area contributed by atoms with Crippen LogP contribution in [0.5, 0.6) is 0 Å². The summed E-state index contributed by atoms with van der Waals surface area (Å²) in [6, 6.07) is 9.84. The second-order valence-electron chi connectivity index (χ2n) is 6.49. The summed E-state index contributed by atoms with van der Waals surface area (Å²) in [7, 11) is 0. The van der Waals surface area contributed by atoms with Gasteiger partial charge in [0.25, 0.3) is 11.8 Å². The molecule has 0 radical (unpaired) electrons. The Balaban J connectivity index is 1.81. The molecule has 0 aliphatic carbocycles. The van der Waals surface area contributed by atoms with Crippen molar-refractivity contribution in [2.24, 2.45) is 0 Å². The summed E-state index contributed by atoms with van der Waals surface area (Å²) in [5, 5.41) is 2.82. The molecule has 2 amide bonds. The van der Waals surface area contributed by atoms with Gasteiger partial charge in [0.2, 0.25) is 0 Å². The summed E-state index contributed by atoms with van der Waals surface area (Å²) < 4.78 is 26.7. The number of nitrogens with zero attached hydrogens (tertiary/aromatic N) is 1. The molecule has 2 rings (SSSR count). The Morgan fingerprint density at radius 2 is 1.66 bits per heavy atom. The third-order valence-corrected chi connectivity index (χ3v) is 4.57. The molecule has 2 aromatic rings. The SMILES string of the molecule is CCN(CC)c1ccc(C(=O)NNC(=O)CN[C@@H](C)c2ccc(F)cc2F)cc1. The molecule has 0 unspecified atom stereocenters. The molecule has 29 heavy (non-hydrogen) atoms. The van der Waals surface area contributed by atoms with E-state index in [0.29, 0.717) is 5.56 Å². The Kier molecular flexibility index (Phi) is 8.09. The second kappa shape index (κ2) is 10.5. The average molecular weight is 404 g/mol. The highest BCUT2D eigenvalue weighted by molar-refractivity contribution is 5.95. The fraction of sp³-hybridized carbons (Fsp3) is 0.333. The van der Waals surface area contributed by atoms with Crippen LogP contribution in [0.3, 0.4) is 0 Å². The molecule has 0 aliphatic heterocycles. The van der Waals surface area contributed by atoms with Crippen molar-refractivity contribution >= 4 is 17.5 Å². The fourth-order valence-electron chi connectivity index (χ4n) is 2.86. The van der Waals surface area contributed by atoms with Crippen molar-refractivity contribution in [1.82, 2.24) is 16.2 Å². The summed E-state index contributed by atoms with van der Waals surface area (Å²) in [5.41, 5.74) is 6.32. The molecule has 0 bridgehead atoms. The summed E-state index contributed by atoms with van der Waals surface area (Å²) in [5.74, 6) is -2.29. The standard InChI is InChI=1S/C21H26F2N4O2/c1-4-27(5-2)17-9-6-15(7-10-17)21(29)26-25-20(28)13-24-14(3)18-11-8-16(22)12-19(18)23/h6-12,14,24H,4-5,13H2,1-3H3,(H,25,28)(H,26,29)/t14-/m0/s1. The Hall–Kier alpha value is -3.00. The summed E-state index contributed by atoms with van der Waals surface area (Å²) in [4.78, 5) is 26.2. The maximum absolute atomic E-state index is 13.8. The van der Waals surface area contributed by atoms with Gasteiger partial charge >= 0.3 is 0 Å². The number of amides is 2. The molecule has 0 saturated carbocycles. The van der Waals surface area contributed by atoms with Crippen LogP contribution in [0.15, 0.2) is 42.5 Å². The number of hydrazine groups is 1. The van der Waals surface area contributed by atoms with E-state index in [1.54, 1.807) is 19.1 Å². The molecule has 6 nitrogen and oxygen atoms in total. The quantitative estimate of drug-likeness (QED) is 0.592. The van der Waals surface area contributed by atoms with Gasteiger partial charge in [-0.15, -0.1) is 0 Å². The zero-order valence-electron chi connectivity index (χ0n) is 16.8. The third kappa shape index (κ3) is 6.25. The molecule has 2 aromatic carbocycles. The first-order valence-corrected chi connectivity index (χ1v) is 9.48. The number of anilines is 1. The molecule has 156 valence electrons. The smallest absolute Gasteiger partial charge is 0.269 e. The van der Waals surface area contributed by atoms with Crippen LogP contribution < -0.4 is 21.1 Å². The van der Waals surface area contributed by atoms with E-state index in [2.05, 4.69) is 34.9 Å². The number of carbonyl (C=O) groups excluding carboxylic acids is 2. The largest absolute Gasteiger partial charge is 0.372 e. The van der Waals surface area contributed by atoms with Crippen LogP contribution in [-0.4, -0.2) is 31.4 Å². The van der Waals surface area contributed by atoms with Crippen molar-refractivity contribution in [3.63, 3.8) is 0 Å². The number of rotatable bonds is 8. The fourth-order valence-corrected chi connectivity index (χ4v) is 2.86. The van der Waals surface area contributed by atoms with Gasteiger partial charge in [-0.25, -0.2) is 8.78 Å². The Bertz CT molecular complexity index is 839. The summed E-state index contributed by atoms with van der Waals surface area (Å²) in [6.45, 7) is 7.34. The highest BCUT2D eigenvalue weighted by atomic mass is 19.1. The van der Waals surface area contributed by atoms with Crippen LogP contribution in [-0.2, 0) is 4.79 Å². The monoisotopic (exact) mass is 404 g/mol. The van der Waals surface area contributed by atoms with Crippen LogP contribution in [0.25, 0.3) is 0 Å². The predicted molar refractivity (Wildman–Crippen MR) is 108 cm³/mol. The van der Waals surface area contributed by atoms with Gasteiger partial charge in [0.15, 0.2) is 0 Å². The van der Waals surface area contributed by atoms with Crippen molar-refractivity contribution in [3.05, 3.63) is 65.2 Å². The van der Waals surface area contributed by atoms with E-state index in [0.717, 1.165) is 30.9 Å². The zero-order valence-corrected chi connectivity index (χ0v) is 16.8. The lowest BCUT2D eigenvalue weighted by molar-refractivity contribution is -0.121. The van der Waals surface area contributed by atoms with Crippen LogP contribution in [0.2, 0.25) is 0 Å². The molecule has 0 aromatic heterocycles. The van der Waals surface area contributed by atoms with Gasteiger partial charge in [0.05, 0.1) is 6.54 Å². The first-order chi connectivity index (χ1) is 13.8. The number of benzene rings is 2. The molecular weight excluding hydrogens is 378 g/mol. The van der Waals surface area contributed by atoms with Crippen molar-refractivity contribution in [2.75, 3.05) is 24.5 Å². The van der Waals surface area contributed by atoms with Crippen molar-refractivity contribution < 1.29 is 18.4 Å². The first-order valence-electron chi connectivity index (χ1n) is 9.48. The van der Waals surface area contributed by atoms with Crippen LogP contribution in [0.1, 0.15) is 42.7 Å². The summed E-state index contributed by atoms with van der Waals surface area (Å²) >= 11 is 0. The highest BCUT2D eigenvalue weighted by Gasteiger charge is 2.13. The lowest BCUT2D eigenvalue weighted by Gasteiger charge is -2.21. The molecule has 0 saturated heterocycles. The van der Waals surface area contributed by atoms with Gasteiger partial charge in [-0.05, 0) is 51.1 Å². The predicted octanol–water partition coefficient (Wildman–Crippen LogP) is 2.92. The van der Waals surface area contributed by atoms with Crippen LogP contribution in [0.4, 0.5) is 14.5 Å². The number of hydrogen-bond acceptors (Lipinski definition) is 4. The minimum absolute atomic E-state index is 0.154. The van der Waals surface area contributed by atoms with E-state index >= 15 is 0 Å². The normalized spacial score (nSPS) is 11.6. The van der Waals surface area contributed by atoms with E-state index < -0.39 is 29.5 Å². The van der Waals surface area contributed by atoms with Crippen LogP contribution >= 0.6 is 0 Å². The van der Waals surface area contributed by atoms with E-state index in [9.17, 15) is 18.4 Å². The first kappa shape index (κ1) is 22.3. The van der Waals surface area contributed by atoms with Gasteiger partial charge in [0, 0.05) is 42.0 Å². The average Bonchev–Trinajstić information content (AvgIpc) is 2.71. The van der Waals surface area contributed by atoms with Gasteiger partial charge in [-0.2, -0.15) is 0 Å². The molecule has 0 fully saturated rings. The Morgan fingerprint density at radius 3 is 2.24 bits per heavy atom. The van der Waals surface area contributed by atoms with Gasteiger partial charge in [-0.1, -0.05) is 6.07 Å². The molecule has 0 heterocycles.